The Bertz CT molecular complexity index is 997. The third-order valence-corrected chi connectivity index (χ3v) is 5.72. The zero-order valence-electron chi connectivity index (χ0n) is 18.0. The first-order chi connectivity index (χ1) is 15.7. The first-order valence-corrected chi connectivity index (χ1v) is 11.0. The van der Waals surface area contributed by atoms with Crippen LogP contribution in [0.15, 0.2) is 84.9 Å². The highest BCUT2D eigenvalue weighted by atomic mass is 16.5. The van der Waals surface area contributed by atoms with Crippen LogP contribution in [0, 0.1) is 5.92 Å². The van der Waals surface area contributed by atoms with Crippen LogP contribution in [-0.2, 0) is 6.54 Å². The number of likely N-dealkylation sites (tertiary alicyclic amines) is 1. The van der Waals surface area contributed by atoms with Crippen LogP contribution in [0.4, 0.5) is 10.5 Å². The zero-order chi connectivity index (χ0) is 22.2. The van der Waals surface area contributed by atoms with Gasteiger partial charge in [-0.25, -0.2) is 4.79 Å². The van der Waals surface area contributed by atoms with Crippen molar-refractivity contribution in [3.63, 3.8) is 0 Å². The molecular weight excluding hydrogens is 402 g/mol. The van der Waals surface area contributed by atoms with Gasteiger partial charge >= 0.3 is 6.03 Å². The molecule has 4 rings (SSSR count). The molecule has 1 saturated heterocycles. The van der Waals surface area contributed by atoms with Gasteiger partial charge in [0.15, 0.2) is 5.75 Å². The number of piperidine rings is 1. The lowest BCUT2D eigenvalue weighted by Gasteiger charge is -2.38. The number of ether oxygens (including phenoxy) is 1. The molecule has 6 heteroatoms. The Hall–Kier alpha value is -3.35. The number of anilines is 1. The van der Waals surface area contributed by atoms with Crippen LogP contribution in [0.25, 0.3) is 0 Å². The summed E-state index contributed by atoms with van der Waals surface area (Å²) in [6.45, 7) is 2.48. The predicted octanol–water partition coefficient (Wildman–Crippen LogP) is 4.48. The second-order valence-electron chi connectivity index (χ2n) is 8.07. The predicted molar refractivity (Wildman–Crippen MR) is 126 cm³/mol. The van der Waals surface area contributed by atoms with E-state index in [4.69, 9.17) is 4.74 Å². The van der Waals surface area contributed by atoms with Gasteiger partial charge in [-0.15, -0.1) is 0 Å². The van der Waals surface area contributed by atoms with Gasteiger partial charge in [-0.2, -0.15) is 0 Å². The van der Waals surface area contributed by atoms with E-state index in [0.717, 1.165) is 26.1 Å². The summed E-state index contributed by atoms with van der Waals surface area (Å²) < 4.78 is 5.92. The van der Waals surface area contributed by atoms with Crippen molar-refractivity contribution in [2.45, 2.75) is 19.0 Å². The van der Waals surface area contributed by atoms with Gasteiger partial charge in [-0.1, -0.05) is 60.7 Å². The van der Waals surface area contributed by atoms with E-state index in [9.17, 15) is 9.90 Å². The third kappa shape index (κ3) is 5.87. The van der Waals surface area contributed by atoms with Crippen LogP contribution in [0.5, 0.6) is 11.5 Å². The maximum atomic E-state index is 12.7. The smallest absolute Gasteiger partial charge is 0.319 e. The molecule has 32 heavy (non-hydrogen) atoms. The van der Waals surface area contributed by atoms with Crippen molar-refractivity contribution in [1.82, 2.24) is 10.2 Å². The molecule has 0 radical (unpaired) electrons. The molecule has 1 aliphatic heterocycles. The van der Waals surface area contributed by atoms with Gasteiger partial charge in [0, 0.05) is 38.2 Å². The van der Waals surface area contributed by atoms with Gasteiger partial charge < -0.3 is 20.5 Å². The standard InChI is InChI=1S/C26H29N3O3/c30-19-21-18-29(17-20-9-3-1-4-10-20)16-15-23(21)27-26(31)28-24-13-7-8-14-25(24)32-22-11-5-2-6-12-22/h1-14,21,23,30H,15-19H2,(H2,27,28,31)/t21-,23-/m0/s1. The number of aliphatic hydroxyl groups is 1. The van der Waals surface area contributed by atoms with Crippen LogP contribution in [0.2, 0.25) is 0 Å². The summed E-state index contributed by atoms with van der Waals surface area (Å²) in [6, 6.07) is 26.7. The number of para-hydroxylation sites is 3. The fourth-order valence-corrected chi connectivity index (χ4v) is 4.07. The lowest BCUT2D eigenvalue weighted by molar-refractivity contribution is 0.0894. The second kappa shape index (κ2) is 10.8. The maximum absolute atomic E-state index is 12.7. The van der Waals surface area contributed by atoms with E-state index in [1.807, 2.05) is 72.8 Å². The van der Waals surface area contributed by atoms with Gasteiger partial charge in [0.25, 0.3) is 0 Å². The first kappa shape index (κ1) is 21.9. The molecule has 0 aromatic heterocycles. The summed E-state index contributed by atoms with van der Waals surface area (Å²) in [5, 5.41) is 15.9. The highest BCUT2D eigenvalue weighted by Gasteiger charge is 2.30. The van der Waals surface area contributed by atoms with Crippen molar-refractivity contribution in [3.05, 3.63) is 90.5 Å². The van der Waals surface area contributed by atoms with Crippen molar-refractivity contribution in [3.8, 4) is 11.5 Å². The van der Waals surface area contributed by atoms with Crippen LogP contribution in [-0.4, -0.2) is 41.8 Å². The molecule has 0 aliphatic carbocycles. The van der Waals surface area contributed by atoms with Crippen LogP contribution in [0.1, 0.15) is 12.0 Å². The van der Waals surface area contributed by atoms with Crippen LogP contribution >= 0.6 is 0 Å². The van der Waals surface area contributed by atoms with Crippen molar-refractivity contribution in [2.75, 3.05) is 25.0 Å². The monoisotopic (exact) mass is 431 g/mol. The Balaban J connectivity index is 1.34. The average molecular weight is 432 g/mol. The Morgan fingerprint density at radius 3 is 2.41 bits per heavy atom. The number of urea groups is 1. The molecule has 0 unspecified atom stereocenters. The van der Waals surface area contributed by atoms with E-state index >= 15 is 0 Å². The number of aliphatic hydroxyl groups excluding tert-OH is 1. The molecule has 166 valence electrons. The Morgan fingerprint density at radius 1 is 0.969 bits per heavy atom. The van der Waals surface area contributed by atoms with Crippen molar-refractivity contribution in [1.29, 1.82) is 0 Å². The molecule has 2 amide bonds. The molecule has 0 spiro atoms. The number of nitrogens with zero attached hydrogens (tertiary/aromatic N) is 1. The van der Waals surface area contributed by atoms with Gasteiger partial charge in [-0.05, 0) is 36.2 Å². The lowest BCUT2D eigenvalue weighted by Crippen LogP contribution is -2.52. The Morgan fingerprint density at radius 2 is 1.66 bits per heavy atom. The molecule has 3 aromatic rings. The van der Waals surface area contributed by atoms with Gasteiger partial charge in [0.1, 0.15) is 5.75 Å². The topological polar surface area (TPSA) is 73.8 Å². The fourth-order valence-electron chi connectivity index (χ4n) is 4.07. The second-order valence-corrected chi connectivity index (χ2v) is 8.07. The summed E-state index contributed by atoms with van der Waals surface area (Å²) in [4.78, 5) is 15.1. The van der Waals surface area contributed by atoms with Crippen molar-refractivity contribution >= 4 is 11.7 Å². The molecule has 3 N–H and O–H groups in total. The maximum Gasteiger partial charge on any atom is 0.319 e. The fraction of sp³-hybridized carbons (Fsp3) is 0.269. The van der Waals surface area contributed by atoms with Crippen molar-refractivity contribution in [2.24, 2.45) is 5.92 Å². The number of rotatable bonds is 7. The summed E-state index contributed by atoms with van der Waals surface area (Å²) in [7, 11) is 0. The number of nitrogens with one attached hydrogen (secondary N) is 2. The molecule has 3 aromatic carbocycles. The quantitative estimate of drug-likeness (QED) is 0.516. The van der Waals surface area contributed by atoms with Crippen LogP contribution in [0.3, 0.4) is 0 Å². The highest BCUT2D eigenvalue weighted by Crippen LogP contribution is 2.29. The summed E-state index contributed by atoms with van der Waals surface area (Å²) >= 11 is 0. The number of benzene rings is 3. The minimum Gasteiger partial charge on any atom is -0.455 e. The lowest BCUT2D eigenvalue weighted by atomic mass is 9.92. The zero-order valence-corrected chi connectivity index (χ0v) is 18.0. The Kier molecular flexibility index (Phi) is 7.38. The molecule has 1 fully saturated rings. The molecule has 1 aliphatic rings. The van der Waals surface area contributed by atoms with Crippen molar-refractivity contribution < 1.29 is 14.6 Å². The molecule has 0 bridgehead atoms. The molecule has 1 heterocycles. The average Bonchev–Trinajstić information content (AvgIpc) is 2.82. The van der Waals surface area contributed by atoms with E-state index in [1.54, 1.807) is 0 Å². The molecule has 6 nitrogen and oxygen atoms in total. The molecular formula is C26H29N3O3. The highest BCUT2D eigenvalue weighted by molar-refractivity contribution is 5.91. The minimum atomic E-state index is -0.297. The largest absolute Gasteiger partial charge is 0.455 e. The number of hydrogen-bond donors (Lipinski definition) is 3. The van der Waals surface area contributed by atoms with E-state index < -0.39 is 0 Å². The summed E-state index contributed by atoms with van der Waals surface area (Å²) in [5.74, 6) is 1.26. The number of carbonyl (C=O) groups is 1. The SMILES string of the molecule is O=C(Nc1ccccc1Oc1ccccc1)N[C@H]1CCN(Cc2ccccc2)C[C@H]1CO. The minimum absolute atomic E-state index is 0.0194. The van der Waals surface area contributed by atoms with Gasteiger partial charge in [0.05, 0.1) is 5.69 Å². The van der Waals surface area contributed by atoms with Crippen LogP contribution < -0.4 is 15.4 Å². The van der Waals surface area contributed by atoms with E-state index in [0.29, 0.717) is 17.2 Å². The van der Waals surface area contributed by atoms with E-state index in [2.05, 4.69) is 27.7 Å². The Labute approximate surface area is 188 Å². The number of carbonyl (C=O) groups excluding carboxylic acids is 1. The number of amides is 2. The normalized spacial score (nSPS) is 18.7. The molecule has 2 atom stereocenters. The number of hydrogen-bond acceptors (Lipinski definition) is 4. The van der Waals surface area contributed by atoms with Gasteiger partial charge in [0.2, 0.25) is 0 Å². The van der Waals surface area contributed by atoms with Gasteiger partial charge in [-0.3, -0.25) is 4.90 Å². The first-order valence-electron chi connectivity index (χ1n) is 11.0. The third-order valence-electron chi connectivity index (χ3n) is 5.72. The van der Waals surface area contributed by atoms with E-state index in [1.165, 1.54) is 5.56 Å². The van der Waals surface area contributed by atoms with E-state index in [-0.39, 0.29) is 24.6 Å². The molecule has 0 saturated carbocycles. The summed E-state index contributed by atoms with van der Waals surface area (Å²) in [5.41, 5.74) is 1.85. The summed E-state index contributed by atoms with van der Waals surface area (Å²) in [6.07, 6.45) is 0.785.